The van der Waals surface area contributed by atoms with Crippen LogP contribution >= 0.6 is 0 Å². The van der Waals surface area contributed by atoms with Gasteiger partial charge in [0.25, 0.3) is 0 Å². The van der Waals surface area contributed by atoms with Crippen molar-refractivity contribution in [3.63, 3.8) is 0 Å². The van der Waals surface area contributed by atoms with E-state index in [2.05, 4.69) is 47.6 Å². The smallest absolute Gasteiger partial charge is 0.335 e. The average Bonchev–Trinajstić information content (AvgIpc) is 3.12. The lowest BCUT2D eigenvalue weighted by Gasteiger charge is -2.71. The van der Waals surface area contributed by atoms with E-state index in [0.717, 1.165) is 44.9 Å². The van der Waals surface area contributed by atoms with Gasteiger partial charge in [0, 0.05) is 0 Å². The Morgan fingerprint density at radius 3 is 1.88 bits per heavy atom. The van der Waals surface area contributed by atoms with E-state index in [1.165, 1.54) is 5.57 Å². The molecule has 0 bridgehead atoms. The van der Waals surface area contributed by atoms with Crippen molar-refractivity contribution in [1.82, 2.24) is 0 Å². The number of allylic oxidation sites excluding steroid dienone is 2. The van der Waals surface area contributed by atoms with Gasteiger partial charge in [0.05, 0.1) is 11.5 Å². The highest BCUT2D eigenvalue weighted by atomic mass is 16.8. The number of carboxylic acid groups (broad SMARTS) is 3. The number of aliphatic carboxylic acids is 3. The zero-order valence-corrected chi connectivity index (χ0v) is 34.2. The van der Waals surface area contributed by atoms with Crippen molar-refractivity contribution in [2.45, 2.75) is 180 Å². The molecule has 0 aromatic rings. The minimum Gasteiger partial charge on any atom is -0.481 e. The molecule has 6 fully saturated rings. The van der Waals surface area contributed by atoms with E-state index in [0.29, 0.717) is 25.2 Å². The molecule has 2 aliphatic heterocycles. The minimum atomic E-state index is -2.01. The van der Waals surface area contributed by atoms with E-state index >= 15 is 0 Å². The number of aliphatic hydroxyl groups excluding tert-OH is 5. The second kappa shape index (κ2) is 14.2. The molecule has 0 spiro atoms. The summed E-state index contributed by atoms with van der Waals surface area (Å²) < 4.78 is 23.5. The van der Waals surface area contributed by atoms with Crippen LogP contribution in [0.1, 0.15) is 113 Å². The predicted molar refractivity (Wildman–Crippen MR) is 199 cm³/mol. The minimum absolute atomic E-state index is 0.0440. The summed E-state index contributed by atoms with van der Waals surface area (Å²) in [4.78, 5) is 36.5. The van der Waals surface area contributed by atoms with Gasteiger partial charge in [-0.05, 0) is 116 Å². The van der Waals surface area contributed by atoms with Crippen LogP contribution < -0.4 is 0 Å². The molecule has 5 aliphatic carbocycles. The number of carboxylic acids is 3. The standard InChI is InChI=1S/C42H64O15/c1-37(2)21-10-13-42(7)22(9-8-19-20-18-39(4,36(52)53)15-14-38(20,3)16-17-41(19,42)6)40(21,5)12-11-23(37)54-35-31(27(46)26(45)30(56-35)33(50)51)57-34-28(47)24(43)25(44)29(55-34)32(48)49/h8,20-31,34-35,43-47H,9-18H2,1-7H3,(H,48,49)(H,50,51)(H,52,53)/t20-,21?,22?,23-,24?,25-,26-,27?,28?,29?,30?,31?,34-,35+,38+,39-,40-,41+,42+/m0/s1. The number of hydrogen-bond donors (Lipinski definition) is 8. The van der Waals surface area contributed by atoms with Gasteiger partial charge in [0.2, 0.25) is 0 Å². The molecule has 15 nitrogen and oxygen atoms in total. The lowest BCUT2D eigenvalue weighted by atomic mass is 9.33. The largest absolute Gasteiger partial charge is 0.481 e. The van der Waals surface area contributed by atoms with Crippen LogP contribution in [0, 0.1) is 50.2 Å². The maximum atomic E-state index is 12.5. The van der Waals surface area contributed by atoms with Crippen LogP contribution in [0.4, 0.5) is 0 Å². The molecular formula is C42H64O15. The number of aliphatic hydroxyl groups is 5. The highest BCUT2D eigenvalue weighted by molar-refractivity contribution is 5.75. The van der Waals surface area contributed by atoms with Crippen LogP contribution in [0.2, 0.25) is 0 Å². The Morgan fingerprint density at radius 1 is 0.667 bits per heavy atom. The summed E-state index contributed by atoms with van der Waals surface area (Å²) in [6.45, 7) is 15.8. The molecule has 15 heteroatoms. The molecule has 7 aliphatic rings. The van der Waals surface area contributed by atoms with Crippen LogP contribution in [0.3, 0.4) is 0 Å². The first kappa shape index (κ1) is 42.9. The maximum Gasteiger partial charge on any atom is 0.335 e. The van der Waals surface area contributed by atoms with Crippen LogP contribution in [-0.4, -0.2) is 126 Å². The van der Waals surface area contributed by atoms with Crippen LogP contribution in [0.25, 0.3) is 0 Å². The zero-order chi connectivity index (χ0) is 42.0. The summed E-state index contributed by atoms with van der Waals surface area (Å²) in [6.07, 6.45) is -8.79. The Kier molecular flexibility index (Phi) is 10.7. The van der Waals surface area contributed by atoms with Gasteiger partial charge < -0.3 is 59.8 Å². The summed E-state index contributed by atoms with van der Waals surface area (Å²) >= 11 is 0. The van der Waals surface area contributed by atoms with E-state index in [9.17, 15) is 55.2 Å². The molecule has 8 unspecified atom stereocenters. The van der Waals surface area contributed by atoms with Gasteiger partial charge in [0.15, 0.2) is 24.8 Å². The summed E-state index contributed by atoms with van der Waals surface area (Å²) in [5, 5.41) is 83.1. The summed E-state index contributed by atoms with van der Waals surface area (Å²) in [7, 11) is 0. The summed E-state index contributed by atoms with van der Waals surface area (Å²) in [5.41, 5.74) is -0.00709. The number of fused-ring (bicyclic) bond motifs is 7. The number of ether oxygens (including phenoxy) is 4. The van der Waals surface area contributed by atoms with Crippen molar-refractivity contribution >= 4 is 17.9 Å². The third kappa shape index (κ3) is 6.35. The fourth-order valence-corrected chi connectivity index (χ4v) is 13.5. The van der Waals surface area contributed by atoms with Gasteiger partial charge in [-0.2, -0.15) is 0 Å². The molecule has 19 atom stereocenters. The van der Waals surface area contributed by atoms with Crippen molar-refractivity contribution in [1.29, 1.82) is 0 Å². The van der Waals surface area contributed by atoms with Crippen molar-refractivity contribution in [3.05, 3.63) is 11.6 Å². The average molecular weight is 809 g/mol. The second-order valence-electron chi connectivity index (χ2n) is 20.6. The predicted octanol–water partition coefficient (Wildman–Crippen LogP) is 3.07. The van der Waals surface area contributed by atoms with Crippen molar-refractivity contribution in [2.24, 2.45) is 50.2 Å². The Hall–Kier alpha value is -2.21. The molecule has 0 radical (unpaired) electrons. The van der Waals surface area contributed by atoms with Gasteiger partial charge in [-0.15, -0.1) is 0 Å². The lowest BCUT2D eigenvalue weighted by Crippen LogP contribution is -2.67. The fourth-order valence-electron chi connectivity index (χ4n) is 13.5. The molecule has 0 amide bonds. The molecule has 322 valence electrons. The Balaban J connectivity index is 1.15. The Morgan fingerprint density at radius 2 is 1.26 bits per heavy atom. The highest BCUT2D eigenvalue weighted by Gasteiger charge is 2.69. The second-order valence-corrected chi connectivity index (χ2v) is 20.6. The van der Waals surface area contributed by atoms with Crippen LogP contribution in [0.5, 0.6) is 0 Å². The molecular weight excluding hydrogens is 744 g/mol. The van der Waals surface area contributed by atoms with E-state index in [1.807, 2.05) is 6.92 Å². The third-order valence-electron chi connectivity index (χ3n) is 17.5. The van der Waals surface area contributed by atoms with Gasteiger partial charge in [-0.25, -0.2) is 9.59 Å². The molecule has 8 N–H and O–H groups in total. The number of hydrogen-bond acceptors (Lipinski definition) is 12. The molecule has 0 aromatic carbocycles. The van der Waals surface area contributed by atoms with E-state index in [4.69, 9.17) is 18.9 Å². The maximum absolute atomic E-state index is 12.5. The van der Waals surface area contributed by atoms with Gasteiger partial charge >= 0.3 is 17.9 Å². The van der Waals surface area contributed by atoms with Gasteiger partial charge in [-0.1, -0.05) is 53.2 Å². The van der Waals surface area contributed by atoms with E-state index < -0.39 is 96.3 Å². The zero-order valence-electron chi connectivity index (χ0n) is 34.2. The normalized spacial score (nSPS) is 53.2. The molecule has 2 saturated heterocycles. The fraction of sp³-hybridized carbons (Fsp3) is 0.881. The van der Waals surface area contributed by atoms with Crippen molar-refractivity contribution in [2.75, 3.05) is 0 Å². The Labute approximate surface area is 333 Å². The van der Waals surface area contributed by atoms with Crippen LogP contribution in [0.15, 0.2) is 11.6 Å². The van der Waals surface area contributed by atoms with Crippen LogP contribution in [-0.2, 0) is 33.3 Å². The summed E-state index contributed by atoms with van der Waals surface area (Å²) in [6, 6.07) is 0. The molecule has 7 rings (SSSR count). The Bertz CT molecular complexity index is 1650. The SMILES string of the molecule is CC1(C)C2CC[C@]3(C)C(CC=C4[C@@H]5C[C@@](C)(C(=O)O)CC[C@]5(C)CC[C@]43C)[C@@]2(C)CC[C@@H]1O[C@@H]1OC(C(=O)O)[C@@H](O)C(O)C1O[C@@H]1OC(C(=O)O)[C@@H](O)C(O)C1O. The number of rotatable bonds is 7. The molecule has 4 saturated carbocycles. The lowest BCUT2D eigenvalue weighted by molar-refractivity contribution is -0.371. The first-order valence-corrected chi connectivity index (χ1v) is 20.8. The first-order chi connectivity index (χ1) is 26.4. The monoisotopic (exact) mass is 808 g/mol. The quantitative estimate of drug-likeness (QED) is 0.136. The molecule has 0 aromatic heterocycles. The molecule has 57 heavy (non-hydrogen) atoms. The van der Waals surface area contributed by atoms with E-state index in [-0.39, 0.29) is 33.5 Å². The van der Waals surface area contributed by atoms with Gasteiger partial charge in [-0.3, -0.25) is 4.79 Å². The van der Waals surface area contributed by atoms with Crippen molar-refractivity contribution in [3.8, 4) is 0 Å². The highest BCUT2D eigenvalue weighted by Crippen LogP contribution is 2.76. The summed E-state index contributed by atoms with van der Waals surface area (Å²) in [5.74, 6) is -3.24. The van der Waals surface area contributed by atoms with E-state index in [1.54, 1.807) is 0 Å². The first-order valence-electron chi connectivity index (χ1n) is 20.8. The third-order valence-corrected chi connectivity index (χ3v) is 17.5. The number of carbonyl (C=O) groups is 3. The van der Waals surface area contributed by atoms with Crippen molar-refractivity contribution < 1.29 is 74.2 Å². The molecule has 2 heterocycles. The van der Waals surface area contributed by atoms with Gasteiger partial charge in [0.1, 0.15) is 36.6 Å². The topological polar surface area (TPSA) is 250 Å².